The third-order valence-electron chi connectivity index (χ3n) is 5.01. The first-order valence-corrected chi connectivity index (χ1v) is 9.65. The van der Waals surface area contributed by atoms with Crippen molar-refractivity contribution in [3.05, 3.63) is 99.6 Å². The van der Waals surface area contributed by atoms with Crippen LogP contribution in [-0.2, 0) is 17.9 Å². The molecule has 2 aromatic carbocycles. The monoisotopic (exact) mass is 415 g/mol. The van der Waals surface area contributed by atoms with Crippen molar-refractivity contribution in [3.63, 3.8) is 0 Å². The summed E-state index contributed by atoms with van der Waals surface area (Å²) in [5.74, 6) is 0.192. The normalized spacial score (nSPS) is 11.2. The summed E-state index contributed by atoms with van der Waals surface area (Å²) in [7, 11) is 0. The van der Waals surface area contributed by atoms with Gasteiger partial charge in [0.15, 0.2) is 0 Å². The van der Waals surface area contributed by atoms with E-state index in [-0.39, 0.29) is 18.7 Å². The number of benzene rings is 2. The summed E-state index contributed by atoms with van der Waals surface area (Å²) in [4.78, 5) is 39.2. The summed E-state index contributed by atoms with van der Waals surface area (Å²) < 4.78 is 13.3. The first-order valence-electron chi connectivity index (χ1n) is 9.65. The number of nitrogens with one attached hydrogen (secondary N) is 1. The highest BCUT2D eigenvalue weighted by Gasteiger charge is 2.22. The zero-order valence-electron chi connectivity index (χ0n) is 16.3. The molecule has 0 spiro atoms. The second kappa shape index (κ2) is 7.49. The molecule has 8 nitrogen and oxygen atoms in total. The van der Waals surface area contributed by atoms with Gasteiger partial charge >= 0.3 is 11.2 Å². The Morgan fingerprint density at radius 1 is 0.935 bits per heavy atom. The highest BCUT2D eigenvalue weighted by molar-refractivity contribution is 6.02. The molecule has 3 heterocycles. The fourth-order valence-corrected chi connectivity index (χ4v) is 3.60. The van der Waals surface area contributed by atoms with Crippen molar-refractivity contribution in [2.75, 3.05) is 0 Å². The van der Waals surface area contributed by atoms with Crippen LogP contribution in [0.25, 0.3) is 27.8 Å². The van der Waals surface area contributed by atoms with Gasteiger partial charge in [-0.15, -0.1) is 0 Å². The van der Waals surface area contributed by atoms with Crippen molar-refractivity contribution in [1.29, 1.82) is 0 Å². The number of amides is 1. The second-order valence-electron chi connectivity index (χ2n) is 6.98. The van der Waals surface area contributed by atoms with Crippen LogP contribution in [0.15, 0.2) is 91.4 Å². The molecule has 0 saturated carbocycles. The standard InChI is InChI=1S/C23H17N3O5/c27-19(24-13-16-9-6-12-30-16)14-25-20-17-10-4-5-11-18(17)31-21(20)22(28)26(23(25)29)15-7-2-1-3-8-15/h1-12H,13-14H2,(H,24,27). The van der Waals surface area contributed by atoms with Crippen LogP contribution in [0.1, 0.15) is 5.76 Å². The fourth-order valence-electron chi connectivity index (χ4n) is 3.60. The molecule has 1 N–H and O–H groups in total. The summed E-state index contributed by atoms with van der Waals surface area (Å²) >= 11 is 0. The van der Waals surface area contributed by atoms with Crippen molar-refractivity contribution in [2.24, 2.45) is 0 Å². The Kier molecular flexibility index (Phi) is 4.51. The van der Waals surface area contributed by atoms with Crippen molar-refractivity contribution >= 4 is 28.0 Å². The molecule has 1 amide bonds. The maximum atomic E-state index is 13.4. The SMILES string of the molecule is O=C(Cn1c(=O)n(-c2ccccc2)c(=O)c2oc3ccccc3c21)NCc1ccco1. The molecule has 0 aliphatic carbocycles. The van der Waals surface area contributed by atoms with E-state index in [0.29, 0.717) is 27.9 Å². The Bertz CT molecular complexity index is 1510. The van der Waals surface area contributed by atoms with Gasteiger partial charge in [0.25, 0.3) is 0 Å². The van der Waals surface area contributed by atoms with E-state index in [1.54, 1.807) is 66.7 Å². The Morgan fingerprint density at radius 2 is 1.71 bits per heavy atom. The van der Waals surface area contributed by atoms with E-state index in [0.717, 1.165) is 4.57 Å². The Morgan fingerprint density at radius 3 is 2.48 bits per heavy atom. The highest BCUT2D eigenvalue weighted by Crippen LogP contribution is 2.25. The second-order valence-corrected chi connectivity index (χ2v) is 6.98. The molecule has 0 aliphatic heterocycles. The van der Waals surface area contributed by atoms with Crippen molar-refractivity contribution in [2.45, 2.75) is 13.1 Å². The third-order valence-corrected chi connectivity index (χ3v) is 5.01. The van der Waals surface area contributed by atoms with E-state index in [2.05, 4.69) is 5.32 Å². The van der Waals surface area contributed by atoms with Crippen LogP contribution in [-0.4, -0.2) is 15.0 Å². The summed E-state index contributed by atoms with van der Waals surface area (Å²) in [5.41, 5.74) is -0.0263. The van der Waals surface area contributed by atoms with Gasteiger partial charge in [0.2, 0.25) is 11.5 Å². The average molecular weight is 415 g/mol. The predicted octanol–water partition coefficient (Wildman–Crippen LogP) is 2.81. The quantitative estimate of drug-likeness (QED) is 0.476. The number of carbonyl (C=O) groups is 1. The van der Waals surface area contributed by atoms with E-state index in [1.807, 2.05) is 0 Å². The Labute approximate surface area is 174 Å². The Balaban J connectivity index is 1.68. The van der Waals surface area contributed by atoms with Crippen molar-refractivity contribution in [3.8, 4) is 5.69 Å². The van der Waals surface area contributed by atoms with Gasteiger partial charge in [0.05, 0.1) is 18.5 Å². The molecule has 0 radical (unpaired) electrons. The van der Waals surface area contributed by atoms with Crippen molar-refractivity contribution in [1.82, 2.24) is 14.5 Å². The molecular weight excluding hydrogens is 398 g/mol. The molecular formula is C23H17N3O5. The zero-order valence-corrected chi connectivity index (χ0v) is 16.3. The summed E-state index contributed by atoms with van der Waals surface area (Å²) in [6, 6.07) is 19.0. The van der Waals surface area contributed by atoms with Crippen LogP contribution in [0, 0.1) is 0 Å². The lowest BCUT2D eigenvalue weighted by Gasteiger charge is -2.12. The van der Waals surface area contributed by atoms with Gasteiger partial charge in [-0.1, -0.05) is 30.3 Å². The van der Waals surface area contributed by atoms with Gasteiger partial charge in [0.1, 0.15) is 23.4 Å². The van der Waals surface area contributed by atoms with Gasteiger partial charge in [-0.3, -0.25) is 14.2 Å². The summed E-state index contributed by atoms with van der Waals surface area (Å²) in [6.07, 6.45) is 1.52. The lowest BCUT2D eigenvalue weighted by molar-refractivity contribution is -0.121. The summed E-state index contributed by atoms with van der Waals surface area (Å²) in [6.45, 7) is -0.0964. The lowest BCUT2D eigenvalue weighted by atomic mass is 10.2. The first kappa shape index (κ1) is 18.7. The number of carbonyl (C=O) groups excluding carboxylic acids is 1. The van der Waals surface area contributed by atoms with Crippen molar-refractivity contribution < 1.29 is 13.6 Å². The van der Waals surface area contributed by atoms with Gasteiger partial charge in [0, 0.05) is 5.39 Å². The number of para-hydroxylation sites is 2. The molecule has 3 aromatic heterocycles. The molecule has 0 saturated heterocycles. The van der Waals surface area contributed by atoms with E-state index in [1.165, 1.54) is 10.8 Å². The molecule has 31 heavy (non-hydrogen) atoms. The molecule has 0 bridgehead atoms. The molecule has 5 aromatic rings. The number of furan rings is 2. The molecule has 8 heteroatoms. The van der Waals surface area contributed by atoms with Gasteiger partial charge in [-0.2, -0.15) is 0 Å². The fraction of sp³-hybridized carbons (Fsp3) is 0.0870. The van der Waals surface area contributed by atoms with Crippen LogP contribution in [0.5, 0.6) is 0 Å². The van der Waals surface area contributed by atoms with Crippen LogP contribution < -0.4 is 16.6 Å². The van der Waals surface area contributed by atoms with E-state index in [4.69, 9.17) is 8.83 Å². The maximum absolute atomic E-state index is 13.4. The number of fused-ring (bicyclic) bond motifs is 3. The van der Waals surface area contributed by atoms with E-state index in [9.17, 15) is 14.4 Å². The third kappa shape index (κ3) is 3.24. The topological polar surface area (TPSA) is 99.4 Å². The van der Waals surface area contributed by atoms with E-state index >= 15 is 0 Å². The molecule has 0 fully saturated rings. The first-order chi connectivity index (χ1) is 15.1. The minimum Gasteiger partial charge on any atom is -0.467 e. The van der Waals surface area contributed by atoms with Crippen LogP contribution in [0.2, 0.25) is 0 Å². The number of aromatic nitrogens is 2. The largest absolute Gasteiger partial charge is 0.467 e. The smallest absolute Gasteiger partial charge is 0.336 e. The molecule has 0 unspecified atom stereocenters. The minimum absolute atomic E-state index is 0.0171. The summed E-state index contributed by atoms with van der Waals surface area (Å²) in [5, 5.41) is 3.32. The molecule has 0 atom stereocenters. The van der Waals surface area contributed by atoms with Gasteiger partial charge in [-0.05, 0) is 36.4 Å². The number of nitrogens with zero attached hydrogens (tertiary/aromatic N) is 2. The molecule has 154 valence electrons. The van der Waals surface area contributed by atoms with Gasteiger partial charge in [-0.25, -0.2) is 9.36 Å². The lowest BCUT2D eigenvalue weighted by Crippen LogP contribution is -2.41. The van der Waals surface area contributed by atoms with Crippen LogP contribution in [0.4, 0.5) is 0 Å². The predicted molar refractivity (Wildman–Crippen MR) is 114 cm³/mol. The van der Waals surface area contributed by atoms with E-state index < -0.39 is 17.2 Å². The minimum atomic E-state index is -0.622. The average Bonchev–Trinajstić information content (AvgIpc) is 3.44. The Hall–Kier alpha value is -4.33. The van der Waals surface area contributed by atoms with Crippen LogP contribution >= 0.6 is 0 Å². The van der Waals surface area contributed by atoms with Gasteiger partial charge < -0.3 is 14.2 Å². The zero-order chi connectivity index (χ0) is 21.4. The molecule has 5 rings (SSSR count). The number of rotatable bonds is 5. The maximum Gasteiger partial charge on any atom is 0.336 e. The highest BCUT2D eigenvalue weighted by atomic mass is 16.3. The van der Waals surface area contributed by atoms with Crippen LogP contribution in [0.3, 0.4) is 0 Å². The number of hydrogen-bond donors (Lipinski definition) is 1. The molecule has 0 aliphatic rings. The number of hydrogen-bond acceptors (Lipinski definition) is 5.